The summed E-state index contributed by atoms with van der Waals surface area (Å²) in [6, 6.07) is 16.5. The largest absolute Gasteiger partial charge is 0.508 e. The van der Waals surface area contributed by atoms with E-state index in [1.54, 1.807) is 12.1 Å². The molecule has 0 unspecified atom stereocenters. The van der Waals surface area contributed by atoms with Gasteiger partial charge < -0.3 is 5.11 Å². The molecule has 0 radical (unpaired) electrons. The highest BCUT2D eigenvalue weighted by Gasteiger charge is 2.01. The van der Waals surface area contributed by atoms with Crippen LogP contribution in [-0.4, -0.2) is 5.11 Å². The number of nitrogens with zero attached hydrogens (tertiary/aromatic N) is 1. The SMILES string of the molecule is N#Cc1cc(O)cc(-c2ccccc2)c1. The molecule has 0 saturated heterocycles. The van der Waals surface area contributed by atoms with Crippen LogP contribution in [0.25, 0.3) is 11.1 Å². The fourth-order valence-corrected chi connectivity index (χ4v) is 1.47. The first kappa shape index (κ1) is 9.29. The Labute approximate surface area is 88.0 Å². The fraction of sp³-hybridized carbons (Fsp3) is 0. The van der Waals surface area contributed by atoms with E-state index in [9.17, 15) is 5.11 Å². The quantitative estimate of drug-likeness (QED) is 0.760. The third kappa shape index (κ3) is 1.97. The molecule has 0 atom stereocenters. The van der Waals surface area contributed by atoms with Crippen molar-refractivity contribution < 1.29 is 5.11 Å². The van der Waals surface area contributed by atoms with Gasteiger partial charge in [-0.2, -0.15) is 5.26 Å². The number of hydrogen-bond donors (Lipinski definition) is 1. The van der Waals surface area contributed by atoms with Gasteiger partial charge in [-0.25, -0.2) is 0 Å². The highest BCUT2D eigenvalue weighted by molar-refractivity contribution is 5.67. The van der Waals surface area contributed by atoms with E-state index in [1.807, 2.05) is 36.4 Å². The number of nitriles is 1. The van der Waals surface area contributed by atoms with E-state index in [0.29, 0.717) is 5.56 Å². The number of benzene rings is 2. The number of aromatic hydroxyl groups is 1. The number of phenols is 1. The van der Waals surface area contributed by atoms with Crippen LogP contribution in [0.4, 0.5) is 0 Å². The Morgan fingerprint density at radius 3 is 2.33 bits per heavy atom. The molecule has 0 saturated carbocycles. The lowest BCUT2D eigenvalue weighted by atomic mass is 10.0. The summed E-state index contributed by atoms with van der Waals surface area (Å²) < 4.78 is 0. The van der Waals surface area contributed by atoms with Gasteiger partial charge in [0, 0.05) is 0 Å². The van der Waals surface area contributed by atoms with Crippen molar-refractivity contribution >= 4 is 0 Å². The molecular formula is C13H9NO. The molecular weight excluding hydrogens is 186 g/mol. The molecule has 2 aromatic carbocycles. The van der Waals surface area contributed by atoms with Gasteiger partial charge in [0.1, 0.15) is 5.75 Å². The Bertz CT molecular complexity index is 512. The summed E-state index contributed by atoms with van der Waals surface area (Å²) >= 11 is 0. The first-order valence-electron chi connectivity index (χ1n) is 4.59. The maximum Gasteiger partial charge on any atom is 0.117 e. The fourth-order valence-electron chi connectivity index (χ4n) is 1.47. The number of rotatable bonds is 1. The van der Waals surface area contributed by atoms with Gasteiger partial charge >= 0.3 is 0 Å². The van der Waals surface area contributed by atoms with Gasteiger partial charge in [-0.3, -0.25) is 0 Å². The van der Waals surface area contributed by atoms with E-state index in [0.717, 1.165) is 11.1 Å². The van der Waals surface area contributed by atoms with Crippen molar-refractivity contribution in [2.24, 2.45) is 0 Å². The van der Waals surface area contributed by atoms with Crippen LogP contribution in [0.5, 0.6) is 5.75 Å². The second kappa shape index (κ2) is 3.85. The monoisotopic (exact) mass is 195 g/mol. The van der Waals surface area contributed by atoms with E-state index in [2.05, 4.69) is 0 Å². The predicted molar refractivity (Wildman–Crippen MR) is 58.3 cm³/mol. The van der Waals surface area contributed by atoms with E-state index < -0.39 is 0 Å². The standard InChI is InChI=1S/C13H9NO/c14-9-10-6-12(8-13(15)7-10)11-4-2-1-3-5-11/h1-8,15H. The minimum atomic E-state index is 0.118. The van der Waals surface area contributed by atoms with Crippen molar-refractivity contribution in [1.82, 2.24) is 0 Å². The second-order valence-electron chi connectivity index (χ2n) is 3.25. The van der Waals surface area contributed by atoms with Gasteiger partial charge in [0.25, 0.3) is 0 Å². The Hall–Kier alpha value is -2.27. The summed E-state index contributed by atoms with van der Waals surface area (Å²) in [7, 11) is 0. The molecule has 0 aliphatic carbocycles. The molecule has 0 heterocycles. The minimum Gasteiger partial charge on any atom is -0.508 e. The molecule has 1 N–H and O–H groups in total. The van der Waals surface area contributed by atoms with Crippen molar-refractivity contribution in [2.75, 3.05) is 0 Å². The summed E-state index contributed by atoms with van der Waals surface area (Å²) in [5.41, 5.74) is 2.31. The van der Waals surface area contributed by atoms with Crippen molar-refractivity contribution in [1.29, 1.82) is 5.26 Å². The normalized spacial score (nSPS) is 9.53. The predicted octanol–water partition coefficient (Wildman–Crippen LogP) is 2.93. The number of hydrogen-bond acceptors (Lipinski definition) is 2. The average molecular weight is 195 g/mol. The first-order chi connectivity index (χ1) is 7.29. The van der Waals surface area contributed by atoms with Crippen LogP contribution in [0, 0.1) is 11.3 Å². The van der Waals surface area contributed by atoms with Crippen LogP contribution in [-0.2, 0) is 0 Å². The van der Waals surface area contributed by atoms with Crippen LogP contribution in [0.15, 0.2) is 48.5 Å². The molecule has 15 heavy (non-hydrogen) atoms. The van der Waals surface area contributed by atoms with Crippen LogP contribution < -0.4 is 0 Å². The summed E-state index contributed by atoms with van der Waals surface area (Å²) in [5.74, 6) is 0.118. The van der Waals surface area contributed by atoms with E-state index in [-0.39, 0.29) is 5.75 Å². The molecule has 0 spiro atoms. The highest BCUT2D eigenvalue weighted by Crippen LogP contribution is 2.24. The van der Waals surface area contributed by atoms with E-state index in [1.165, 1.54) is 6.07 Å². The summed E-state index contributed by atoms with van der Waals surface area (Å²) in [6.45, 7) is 0. The topological polar surface area (TPSA) is 44.0 Å². The molecule has 0 aromatic heterocycles. The Kier molecular flexibility index (Phi) is 2.38. The lowest BCUT2D eigenvalue weighted by Crippen LogP contribution is -1.80. The zero-order chi connectivity index (χ0) is 10.7. The summed E-state index contributed by atoms with van der Waals surface area (Å²) in [5, 5.41) is 18.2. The molecule has 0 fully saturated rings. The zero-order valence-electron chi connectivity index (χ0n) is 8.01. The van der Waals surface area contributed by atoms with Crippen molar-refractivity contribution in [3.63, 3.8) is 0 Å². The Balaban J connectivity index is 2.55. The Morgan fingerprint density at radius 1 is 0.933 bits per heavy atom. The smallest absolute Gasteiger partial charge is 0.117 e. The average Bonchev–Trinajstić information content (AvgIpc) is 2.29. The Morgan fingerprint density at radius 2 is 1.67 bits per heavy atom. The molecule has 0 aliphatic heterocycles. The van der Waals surface area contributed by atoms with Crippen molar-refractivity contribution in [3.05, 3.63) is 54.1 Å². The van der Waals surface area contributed by atoms with Gasteiger partial charge in [-0.1, -0.05) is 30.3 Å². The van der Waals surface area contributed by atoms with Gasteiger partial charge in [0.2, 0.25) is 0 Å². The lowest BCUT2D eigenvalue weighted by Gasteiger charge is -2.02. The van der Waals surface area contributed by atoms with E-state index in [4.69, 9.17) is 5.26 Å². The molecule has 0 amide bonds. The molecule has 0 bridgehead atoms. The molecule has 2 heteroatoms. The highest BCUT2D eigenvalue weighted by atomic mass is 16.3. The maximum atomic E-state index is 9.44. The molecule has 72 valence electrons. The van der Waals surface area contributed by atoms with Gasteiger partial charge in [0.15, 0.2) is 0 Å². The van der Waals surface area contributed by atoms with Gasteiger partial charge in [-0.05, 0) is 29.3 Å². The van der Waals surface area contributed by atoms with E-state index >= 15 is 0 Å². The molecule has 2 aromatic rings. The second-order valence-corrected chi connectivity index (χ2v) is 3.25. The summed E-state index contributed by atoms with van der Waals surface area (Å²) in [6.07, 6.45) is 0. The van der Waals surface area contributed by atoms with Crippen LogP contribution in [0.2, 0.25) is 0 Å². The summed E-state index contributed by atoms with van der Waals surface area (Å²) in [4.78, 5) is 0. The van der Waals surface area contributed by atoms with Crippen molar-refractivity contribution in [2.45, 2.75) is 0 Å². The van der Waals surface area contributed by atoms with Crippen LogP contribution >= 0.6 is 0 Å². The van der Waals surface area contributed by atoms with Crippen LogP contribution in [0.1, 0.15) is 5.56 Å². The van der Waals surface area contributed by atoms with Crippen LogP contribution in [0.3, 0.4) is 0 Å². The molecule has 2 nitrogen and oxygen atoms in total. The zero-order valence-corrected chi connectivity index (χ0v) is 8.01. The number of phenolic OH excluding ortho intramolecular Hbond substituents is 1. The first-order valence-corrected chi connectivity index (χ1v) is 4.59. The van der Waals surface area contributed by atoms with Crippen molar-refractivity contribution in [3.8, 4) is 22.9 Å². The third-order valence-corrected chi connectivity index (χ3v) is 2.15. The third-order valence-electron chi connectivity index (χ3n) is 2.15. The minimum absolute atomic E-state index is 0.118. The lowest BCUT2D eigenvalue weighted by molar-refractivity contribution is 0.475. The maximum absolute atomic E-state index is 9.44. The molecule has 0 aliphatic rings. The van der Waals surface area contributed by atoms with Gasteiger partial charge in [-0.15, -0.1) is 0 Å². The van der Waals surface area contributed by atoms with Gasteiger partial charge in [0.05, 0.1) is 11.6 Å². The molecule has 2 rings (SSSR count).